The number of unbranched alkanes of at least 4 members (excludes halogenated alkanes) is 7. The second kappa shape index (κ2) is 17.3. The zero-order valence-electron chi connectivity index (χ0n) is 22.6. The van der Waals surface area contributed by atoms with Crippen molar-refractivity contribution in [1.82, 2.24) is 4.98 Å². The maximum absolute atomic E-state index is 13.6. The zero-order valence-corrected chi connectivity index (χ0v) is 22.6. The van der Waals surface area contributed by atoms with Gasteiger partial charge in [-0.2, -0.15) is 4.98 Å². The van der Waals surface area contributed by atoms with Gasteiger partial charge in [0.05, 0.1) is 26.2 Å². The summed E-state index contributed by atoms with van der Waals surface area (Å²) < 4.78 is 43.4. The van der Waals surface area contributed by atoms with Crippen molar-refractivity contribution in [3.8, 4) is 11.8 Å². The number of carbonyl (C=O) groups excluding carboxylic acids is 2. The average molecular weight is 532 g/mol. The molecule has 38 heavy (non-hydrogen) atoms. The minimum Gasteiger partial charge on any atom is -0.480 e. The molecule has 1 heterocycles. The van der Waals surface area contributed by atoms with Crippen molar-refractivity contribution < 1.29 is 32.6 Å². The SMILES string of the molecule is CCC(C)C(=O)OCCCCCCCCCCOc1ccc(/C=C(\C=O)c2cc(F)cc(F)c2)c(OC)n1. The summed E-state index contributed by atoms with van der Waals surface area (Å²) in [5.41, 5.74) is 0.713. The summed E-state index contributed by atoms with van der Waals surface area (Å²) in [6.45, 7) is 4.92. The minimum absolute atomic E-state index is 0.0174. The van der Waals surface area contributed by atoms with E-state index in [9.17, 15) is 18.4 Å². The van der Waals surface area contributed by atoms with Crippen LogP contribution in [-0.2, 0) is 14.3 Å². The van der Waals surface area contributed by atoms with Crippen LogP contribution in [0, 0.1) is 17.6 Å². The second-order valence-corrected chi connectivity index (χ2v) is 9.28. The number of methoxy groups -OCH3 is 1. The van der Waals surface area contributed by atoms with E-state index in [0.29, 0.717) is 30.9 Å². The molecule has 6 nitrogen and oxygen atoms in total. The highest BCUT2D eigenvalue weighted by Crippen LogP contribution is 2.26. The molecule has 208 valence electrons. The number of hydrogen-bond donors (Lipinski definition) is 0. The third-order valence-electron chi connectivity index (χ3n) is 6.24. The molecule has 1 aromatic carbocycles. The number of aromatic nitrogens is 1. The number of aldehydes is 1. The van der Waals surface area contributed by atoms with E-state index >= 15 is 0 Å². The summed E-state index contributed by atoms with van der Waals surface area (Å²) in [7, 11) is 1.45. The highest BCUT2D eigenvalue weighted by Gasteiger charge is 2.12. The van der Waals surface area contributed by atoms with E-state index in [-0.39, 0.29) is 28.9 Å². The van der Waals surface area contributed by atoms with Crippen LogP contribution in [0.1, 0.15) is 82.8 Å². The van der Waals surface area contributed by atoms with Crippen LogP contribution in [0.25, 0.3) is 11.6 Å². The maximum Gasteiger partial charge on any atom is 0.308 e. The lowest BCUT2D eigenvalue weighted by Gasteiger charge is -2.10. The van der Waals surface area contributed by atoms with Gasteiger partial charge in [0.1, 0.15) is 11.6 Å². The highest BCUT2D eigenvalue weighted by atomic mass is 19.1. The molecule has 1 atom stereocenters. The Hall–Kier alpha value is -3.29. The molecule has 8 heteroatoms. The summed E-state index contributed by atoms with van der Waals surface area (Å²) in [5, 5.41) is 0. The fourth-order valence-corrected chi connectivity index (χ4v) is 3.78. The Morgan fingerprint density at radius 2 is 1.55 bits per heavy atom. The number of allylic oxidation sites excluding steroid dienone is 1. The minimum atomic E-state index is -0.765. The van der Waals surface area contributed by atoms with Crippen LogP contribution in [0.5, 0.6) is 11.8 Å². The third-order valence-corrected chi connectivity index (χ3v) is 6.24. The molecule has 0 aliphatic rings. The Labute approximate surface area is 224 Å². The van der Waals surface area contributed by atoms with Crippen LogP contribution in [0.3, 0.4) is 0 Å². The van der Waals surface area contributed by atoms with E-state index in [0.717, 1.165) is 69.6 Å². The van der Waals surface area contributed by atoms with Crippen molar-refractivity contribution in [3.05, 3.63) is 53.1 Å². The standard InChI is InChI=1S/C30H39F2NO5/c1-4-22(2)30(35)38-16-12-10-8-6-5-7-9-11-15-37-28-14-13-23(29(33-28)36-3)17-25(21-34)24-18-26(31)20-27(32)19-24/h13-14,17-22H,4-12,15-16H2,1-3H3/b25-17+. The number of carbonyl (C=O) groups is 2. The molecule has 0 aliphatic carbocycles. The van der Waals surface area contributed by atoms with Gasteiger partial charge < -0.3 is 14.2 Å². The monoisotopic (exact) mass is 531 g/mol. The van der Waals surface area contributed by atoms with Crippen LogP contribution in [0.2, 0.25) is 0 Å². The number of rotatable bonds is 18. The third kappa shape index (κ3) is 11.0. The second-order valence-electron chi connectivity index (χ2n) is 9.28. The molecular formula is C30H39F2NO5. The molecule has 2 rings (SSSR count). The number of nitrogens with zero attached hydrogens (tertiary/aromatic N) is 1. The highest BCUT2D eigenvalue weighted by molar-refractivity contribution is 6.13. The molecule has 0 saturated heterocycles. The van der Waals surface area contributed by atoms with Crippen LogP contribution in [0.4, 0.5) is 8.78 Å². The number of hydrogen-bond acceptors (Lipinski definition) is 6. The molecule has 0 spiro atoms. The van der Waals surface area contributed by atoms with Crippen molar-refractivity contribution >= 4 is 23.9 Å². The molecule has 2 aromatic rings. The van der Waals surface area contributed by atoms with Gasteiger partial charge in [-0.3, -0.25) is 9.59 Å². The summed E-state index contributed by atoms with van der Waals surface area (Å²) in [6.07, 6.45) is 11.3. The Morgan fingerprint density at radius 3 is 2.13 bits per heavy atom. The Morgan fingerprint density at radius 1 is 0.947 bits per heavy atom. The van der Waals surface area contributed by atoms with Crippen molar-refractivity contribution in [2.45, 2.75) is 71.6 Å². The smallest absolute Gasteiger partial charge is 0.308 e. The predicted octanol–water partition coefficient (Wildman–Crippen LogP) is 7.20. The van der Waals surface area contributed by atoms with Gasteiger partial charge in [0.25, 0.3) is 0 Å². The zero-order chi connectivity index (χ0) is 27.8. The number of benzene rings is 1. The molecule has 0 N–H and O–H groups in total. The summed E-state index contributed by atoms with van der Waals surface area (Å²) in [5.74, 6) is -0.999. The molecule has 0 bridgehead atoms. The molecule has 0 radical (unpaired) electrons. The van der Waals surface area contributed by atoms with Gasteiger partial charge in [-0.05, 0) is 49.1 Å². The fourth-order valence-electron chi connectivity index (χ4n) is 3.78. The van der Waals surface area contributed by atoms with Crippen LogP contribution >= 0.6 is 0 Å². The number of ether oxygens (including phenoxy) is 3. The Bertz CT molecular complexity index is 1040. The lowest BCUT2D eigenvalue weighted by atomic mass is 10.0. The molecule has 0 amide bonds. The van der Waals surface area contributed by atoms with E-state index in [1.807, 2.05) is 13.8 Å². The molecule has 1 unspecified atom stereocenters. The normalized spacial score (nSPS) is 12.2. The van der Waals surface area contributed by atoms with Crippen molar-refractivity contribution in [1.29, 1.82) is 0 Å². The Kier molecular flexibility index (Phi) is 14.1. The van der Waals surface area contributed by atoms with Crippen LogP contribution in [-0.4, -0.2) is 37.6 Å². The molecule has 0 fully saturated rings. The van der Waals surface area contributed by atoms with Crippen LogP contribution < -0.4 is 9.47 Å². The van der Waals surface area contributed by atoms with Gasteiger partial charge in [-0.15, -0.1) is 0 Å². The van der Waals surface area contributed by atoms with E-state index in [2.05, 4.69) is 4.98 Å². The van der Waals surface area contributed by atoms with E-state index in [1.54, 1.807) is 12.1 Å². The number of pyridine rings is 1. The quantitative estimate of drug-likeness (QED) is 0.0877. The predicted molar refractivity (Wildman–Crippen MR) is 144 cm³/mol. The van der Waals surface area contributed by atoms with E-state index in [4.69, 9.17) is 14.2 Å². The van der Waals surface area contributed by atoms with Crippen molar-refractivity contribution in [2.24, 2.45) is 5.92 Å². The summed E-state index contributed by atoms with van der Waals surface area (Å²) >= 11 is 0. The summed E-state index contributed by atoms with van der Waals surface area (Å²) in [4.78, 5) is 27.5. The number of esters is 1. The average Bonchev–Trinajstić information content (AvgIpc) is 2.91. The Balaban J connectivity index is 1.68. The van der Waals surface area contributed by atoms with Gasteiger partial charge in [-0.25, -0.2) is 8.78 Å². The summed E-state index contributed by atoms with van der Waals surface area (Å²) in [6, 6.07) is 6.29. The molecular weight excluding hydrogens is 492 g/mol. The van der Waals surface area contributed by atoms with E-state index in [1.165, 1.54) is 19.6 Å². The van der Waals surface area contributed by atoms with Gasteiger partial charge in [0.15, 0.2) is 6.29 Å². The van der Waals surface area contributed by atoms with Crippen molar-refractivity contribution in [3.63, 3.8) is 0 Å². The first-order valence-electron chi connectivity index (χ1n) is 13.4. The first kappa shape index (κ1) is 30.9. The molecule has 1 aromatic heterocycles. The van der Waals surface area contributed by atoms with Gasteiger partial charge in [0, 0.05) is 23.3 Å². The first-order chi connectivity index (χ1) is 18.4. The van der Waals surface area contributed by atoms with Gasteiger partial charge in [-0.1, -0.05) is 52.4 Å². The van der Waals surface area contributed by atoms with Crippen molar-refractivity contribution in [2.75, 3.05) is 20.3 Å². The largest absolute Gasteiger partial charge is 0.480 e. The molecule has 0 saturated carbocycles. The number of halogens is 2. The van der Waals surface area contributed by atoms with Crippen LogP contribution in [0.15, 0.2) is 30.3 Å². The maximum atomic E-state index is 13.6. The topological polar surface area (TPSA) is 74.7 Å². The lowest BCUT2D eigenvalue weighted by Crippen LogP contribution is -2.14. The molecule has 0 aliphatic heterocycles. The fraction of sp³-hybridized carbons (Fsp3) is 0.500. The van der Waals surface area contributed by atoms with Gasteiger partial charge in [0.2, 0.25) is 11.8 Å². The van der Waals surface area contributed by atoms with E-state index < -0.39 is 11.6 Å². The lowest BCUT2D eigenvalue weighted by molar-refractivity contribution is -0.148. The van der Waals surface area contributed by atoms with Gasteiger partial charge >= 0.3 is 5.97 Å². The first-order valence-corrected chi connectivity index (χ1v) is 13.4.